The SMILES string of the molecule is CCNC(=NCc1coc(-c2ccc(C)cc2)n1)N(C)Cc1csc(C)n1.I. The van der Waals surface area contributed by atoms with Gasteiger partial charge in [0.1, 0.15) is 12.0 Å². The number of nitrogens with one attached hydrogen (secondary N) is 1. The molecule has 1 N–H and O–H groups in total. The highest BCUT2D eigenvalue weighted by atomic mass is 127. The summed E-state index contributed by atoms with van der Waals surface area (Å²) in [6, 6.07) is 8.13. The lowest BCUT2D eigenvalue weighted by molar-refractivity contribution is 0.470. The Hall–Kier alpha value is -1.94. The van der Waals surface area contributed by atoms with E-state index in [9.17, 15) is 0 Å². The lowest BCUT2D eigenvalue weighted by atomic mass is 10.1. The third kappa shape index (κ3) is 6.03. The minimum absolute atomic E-state index is 0. The van der Waals surface area contributed by atoms with Gasteiger partial charge in [-0.3, -0.25) is 0 Å². The highest BCUT2D eigenvalue weighted by Crippen LogP contribution is 2.19. The van der Waals surface area contributed by atoms with Crippen molar-refractivity contribution in [1.29, 1.82) is 0 Å². The second-order valence-electron chi connectivity index (χ2n) is 6.39. The van der Waals surface area contributed by atoms with Crippen LogP contribution in [0.3, 0.4) is 0 Å². The molecule has 0 amide bonds. The highest BCUT2D eigenvalue weighted by molar-refractivity contribution is 14.0. The summed E-state index contributed by atoms with van der Waals surface area (Å²) >= 11 is 1.66. The first kappa shape index (κ1) is 22.4. The molecule has 0 aliphatic rings. The zero-order valence-corrected chi connectivity index (χ0v) is 19.7. The second kappa shape index (κ2) is 10.6. The molecule has 8 heteroatoms. The smallest absolute Gasteiger partial charge is 0.226 e. The van der Waals surface area contributed by atoms with E-state index in [4.69, 9.17) is 9.41 Å². The summed E-state index contributed by atoms with van der Waals surface area (Å²) < 4.78 is 5.62. The van der Waals surface area contributed by atoms with Crippen molar-refractivity contribution in [2.75, 3.05) is 13.6 Å². The maximum absolute atomic E-state index is 5.62. The van der Waals surface area contributed by atoms with Gasteiger partial charge < -0.3 is 14.6 Å². The van der Waals surface area contributed by atoms with Gasteiger partial charge >= 0.3 is 0 Å². The summed E-state index contributed by atoms with van der Waals surface area (Å²) in [5.74, 6) is 1.44. The Morgan fingerprint density at radius 2 is 1.93 bits per heavy atom. The molecule has 150 valence electrons. The predicted octanol–water partition coefficient (Wildman–Crippen LogP) is 4.63. The van der Waals surface area contributed by atoms with Crippen molar-refractivity contribution in [1.82, 2.24) is 20.2 Å². The number of hydrogen-bond acceptors (Lipinski definition) is 5. The fraction of sp³-hybridized carbons (Fsp3) is 0.350. The van der Waals surface area contributed by atoms with E-state index in [-0.39, 0.29) is 24.0 Å². The van der Waals surface area contributed by atoms with E-state index in [0.29, 0.717) is 19.0 Å². The molecule has 6 nitrogen and oxygen atoms in total. The fourth-order valence-corrected chi connectivity index (χ4v) is 3.24. The Kier molecular flexibility index (Phi) is 8.43. The Morgan fingerprint density at radius 1 is 1.18 bits per heavy atom. The number of hydrogen-bond donors (Lipinski definition) is 1. The maximum atomic E-state index is 5.62. The standard InChI is InChI=1S/C20H25N5OS.HI/c1-5-21-20(25(4)11-18-13-27-15(3)23-18)22-10-17-12-26-19(24-17)16-8-6-14(2)7-9-16;/h6-9,12-13H,5,10-11H2,1-4H3,(H,21,22);1H. The van der Waals surface area contributed by atoms with E-state index in [1.807, 2.05) is 26.1 Å². The van der Waals surface area contributed by atoms with Gasteiger partial charge in [0.25, 0.3) is 0 Å². The van der Waals surface area contributed by atoms with Crippen LogP contribution in [0.2, 0.25) is 0 Å². The minimum Gasteiger partial charge on any atom is -0.444 e. The Bertz CT molecular complexity index is 903. The molecule has 0 saturated carbocycles. The third-order valence-electron chi connectivity index (χ3n) is 4.00. The van der Waals surface area contributed by atoms with Crippen LogP contribution in [-0.2, 0) is 13.1 Å². The lowest BCUT2D eigenvalue weighted by Crippen LogP contribution is -2.38. The molecule has 0 atom stereocenters. The van der Waals surface area contributed by atoms with Crippen molar-refractivity contribution in [2.45, 2.75) is 33.9 Å². The first-order valence-electron chi connectivity index (χ1n) is 8.97. The van der Waals surface area contributed by atoms with Crippen LogP contribution in [-0.4, -0.2) is 34.4 Å². The Balaban J connectivity index is 0.00000280. The largest absolute Gasteiger partial charge is 0.444 e. The Morgan fingerprint density at radius 3 is 2.57 bits per heavy atom. The summed E-state index contributed by atoms with van der Waals surface area (Å²) in [5, 5.41) is 6.48. The lowest BCUT2D eigenvalue weighted by Gasteiger charge is -2.20. The summed E-state index contributed by atoms with van der Waals surface area (Å²) in [4.78, 5) is 15.8. The number of benzene rings is 1. The molecule has 0 saturated heterocycles. The molecular formula is C20H26IN5OS. The number of thiazole rings is 1. The van der Waals surface area contributed by atoms with Crippen LogP contribution in [0.25, 0.3) is 11.5 Å². The van der Waals surface area contributed by atoms with Gasteiger partial charge in [0.05, 0.1) is 23.8 Å². The molecule has 0 bridgehead atoms. The molecule has 0 spiro atoms. The van der Waals surface area contributed by atoms with Crippen molar-refractivity contribution < 1.29 is 4.42 Å². The molecule has 3 aromatic rings. The molecule has 0 radical (unpaired) electrons. The van der Waals surface area contributed by atoms with Gasteiger partial charge in [0.2, 0.25) is 5.89 Å². The van der Waals surface area contributed by atoms with Crippen LogP contribution in [0.4, 0.5) is 0 Å². The zero-order valence-electron chi connectivity index (χ0n) is 16.6. The van der Waals surface area contributed by atoms with Gasteiger partial charge in [0, 0.05) is 24.5 Å². The number of oxazole rings is 1. The number of aromatic nitrogens is 2. The summed E-state index contributed by atoms with van der Waals surface area (Å²) in [5.41, 5.74) is 4.04. The van der Waals surface area contributed by atoms with Gasteiger partial charge in [-0.1, -0.05) is 17.7 Å². The average molecular weight is 511 g/mol. The molecule has 28 heavy (non-hydrogen) atoms. The molecule has 3 rings (SSSR count). The van der Waals surface area contributed by atoms with Gasteiger partial charge in [0.15, 0.2) is 5.96 Å². The van der Waals surface area contributed by atoms with Gasteiger partial charge in [-0.25, -0.2) is 15.0 Å². The zero-order chi connectivity index (χ0) is 19.2. The first-order chi connectivity index (χ1) is 13.0. The van der Waals surface area contributed by atoms with Crippen LogP contribution in [0.1, 0.15) is 28.9 Å². The van der Waals surface area contributed by atoms with E-state index >= 15 is 0 Å². The number of guanidine groups is 1. The highest BCUT2D eigenvalue weighted by Gasteiger charge is 2.10. The molecule has 0 fully saturated rings. The minimum atomic E-state index is 0. The third-order valence-corrected chi connectivity index (χ3v) is 4.83. The summed E-state index contributed by atoms with van der Waals surface area (Å²) in [7, 11) is 2.01. The van der Waals surface area contributed by atoms with E-state index in [0.717, 1.165) is 34.5 Å². The predicted molar refractivity (Wildman–Crippen MR) is 125 cm³/mol. The first-order valence-corrected chi connectivity index (χ1v) is 9.85. The van der Waals surface area contributed by atoms with Gasteiger partial charge in [-0.15, -0.1) is 35.3 Å². The maximum Gasteiger partial charge on any atom is 0.226 e. The topological polar surface area (TPSA) is 66.6 Å². The van der Waals surface area contributed by atoms with Crippen molar-refractivity contribution >= 4 is 41.3 Å². The van der Waals surface area contributed by atoms with Crippen molar-refractivity contribution in [3.05, 3.63) is 57.9 Å². The van der Waals surface area contributed by atoms with Crippen LogP contribution < -0.4 is 5.32 Å². The molecule has 0 unspecified atom stereocenters. The molecule has 2 heterocycles. The number of aliphatic imine (C=N–C) groups is 1. The van der Waals surface area contributed by atoms with Gasteiger partial charge in [-0.2, -0.15) is 0 Å². The molecule has 0 aliphatic carbocycles. The van der Waals surface area contributed by atoms with Crippen LogP contribution in [0.5, 0.6) is 0 Å². The Labute approximate surface area is 187 Å². The van der Waals surface area contributed by atoms with Crippen LogP contribution in [0, 0.1) is 13.8 Å². The molecule has 2 aromatic heterocycles. The average Bonchev–Trinajstić information content (AvgIpc) is 3.28. The van der Waals surface area contributed by atoms with Crippen LogP contribution in [0.15, 0.2) is 45.3 Å². The number of aryl methyl sites for hydroxylation is 2. The number of halogens is 1. The number of nitrogens with zero attached hydrogens (tertiary/aromatic N) is 4. The summed E-state index contributed by atoms with van der Waals surface area (Å²) in [6.45, 7) is 8.10. The van der Waals surface area contributed by atoms with E-state index in [2.05, 4.69) is 51.5 Å². The van der Waals surface area contributed by atoms with E-state index in [1.54, 1.807) is 17.6 Å². The fourth-order valence-electron chi connectivity index (χ4n) is 2.63. The number of rotatable bonds is 6. The van der Waals surface area contributed by atoms with Crippen molar-refractivity contribution in [3.8, 4) is 11.5 Å². The molecular weight excluding hydrogens is 485 g/mol. The van der Waals surface area contributed by atoms with Crippen LogP contribution >= 0.6 is 35.3 Å². The van der Waals surface area contributed by atoms with Crippen molar-refractivity contribution in [2.24, 2.45) is 4.99 Å². The van der Waals surface area contributed by atoms with E-state index < -0.39 is 0 Å². The monoisotopic (exact) mass is 511 g/mol. The van der Waals surface area contributed by atoms with Crippen molar-refractivity contribution in [3.63, 3.8) is 0 Å². The van der Waals surface area contributed by atoms with E-state index in [1.165, 1.54) is 5.56 Å². The summed E-state index contributed by atoms with van der Waals surface area (Å²) in [6.07, 6.45) is 1.67. The second-order valence-corrected chi connectivity index (χ2v) is 7.46. The quantitative estimate of drug-likeness (QED) is 0.297. The molecule has 0 aliphatic heterocycles. The normalized spacial score (nSPS) is 11.2. The molecule has 1 aromatic carbocycles. The van der Waals surface area contributed by atoms with Gasteiger partial charge in [-0.05, 0) is 32.9 Å².